The molecular formula is C21H24ClFN2O. The molecule has 1 amide bonds. The molecule has 1 fully saturated rings. The summed E-state index contributed by atoms with van der Waals surface area (Å²) in [6.07, 6.45) is 2.49. The van der Waals surface area contributed by atoms with E-state index in [1.54, 1.807) is 12.1 Å². The number of hydrogen-bond donors (Lipinski definition) is 1. The summed E-state index contributed by atoms with van der Waals surface area (Å²) in [7, 11) is 0. The highest BCUT2D eigenvalue weighted by Gasteiger charge is 2.28. The fourth-order valence-corrected chi connectivity index (χ4v) is 3.87. The van der Waals surface area contributed by atoms with Crippen LogP contribution in [0.3, 0.4) is 0 Å². The molecule has 1 unspecified atom stereocenters. The first-order valence-corrected chi connectivity index (χ1v) is 9.42. The van der Waals surface area contributed by atoms with Gasteiger partial charge in [-0.2, -0.15) is 0 Å². The highest BCUT2D eigenvalue weighted by molar-refractivity contribution is 6.31. The van der Waals surface area contributed by atoms with Crippen LogP contribution >= 0.6 is 11.6 Å². The van der Waals surface area contributed by atoms with Gasteiger partial charge in [0.15, 0.2) is 0 Å². The number of hydrogen-bond acceptors (Lipinski definition) is 2. The van der Waals surface area contributed by atoms with Crippen LogP contribution in [-0.2, 0) is 11.2 Å². The number of nitrogens with one attached hydrogen (secondary N) is 1. The first-order valence-electron chi connectivity index (χ1n) is 9.05. The van der Waals surface area contributed by atoms with Crippen LogP contribution in [0.2, 0.25) is 5.02 Å². The van der Waals surface area contributed by atoms with Crippen molar-refractivity contribution in [2.75, 3.05) is 19.6 Å². The van der Waals surface area contributed by atoms with E-state index in [1.807, 2.05) is 31.2 Å². The number of aryl methyl sites for hydroxylation is 1. The minimum Gasteiger partial charge on any atom is -0.354 e. The Labute approximate surface area is 159 Å². The molecule has 0 spiro atoms. The summed E-state index contributed by atoms with van der Waals surface area (Å²) in [6.45, 7) is 4.14. The quantitative estimate of drug-likeness (QED) is 0.818. The number of carbonyl (C=O) groups excluding carboxylic acids is 1. The van der Waals surface area contributed by atoms with E-state index in [2.05, 4.69) is 10.2 Å². The van der Waals surface area contributed by atoms with Crippen molar-refractivity contribution in [1.29, 1.82) is 0 Å². The van der Waals surface area contributed by atoms with Gasteiger partial charge < -0.3 is 5.32 Å². The third-order valence-electron chi connectivity index (χ3n) is 4.85. The minimum absolute atomic E-state index is 0.0627. The third kappa shape index (κ3) is 4.63. The van der Waals surface area contributed by atoms with E-state index in [4.69, 9.17) is 11.6 Å². The minimum atomic E-state index is -0.317. The fraction of sp³-hybridized carbons (Fsp3) is 0.381. The SMILES string of the molecule is Cc1cccc(CC(=O)NCC(c2c(F)cccc2Cl)N2CCCC2)c1. The van der Waals surface area contributed by atoms with Gasteiger partial charge in [-0.1, -0.05) is 47.5 Å². The highest BCUT2D eigenvalue weighted by Crippen LogP contribution is 2.31. The number of benzene rings is 2. The number of amides is 1. The van der Waals surface area contributed by atoms with E-state index >= 15 is 0 Å². The largest absolute Gasteiger partial charge is 0.354 e. The number of rotatable bonds is 6. The van der Waals surface area contributed by atoms with Gasteiger partial charge in [0.05, 0.1) is 12.5 Å². The number of nitrogens with zero attached hydrogens (tertiary/aromatic N) is 1. The van der Waals surface area contributed by atoms with E-state index in [9.17, 15) is 9.18 Å². The summed E-state index contributed by atoms with van der Waals surface area (Å²) in [5.74, 6) is -0.380. The average molecular weight is 375 g/mol. The Kier molecular flexibility index (Phi) is 6.28. The lowest BCUT2D eigenvalue weighted by atomic mass is 10.0. The molecule has 0 saturated carbocycles. The van der Waals surface area contributed by atoms with Gasteiger partial charge in [-0.3, -0.25) is 9.69 Å². The van der Waals surface area contributed by atoms with Crippen LogP contribution in [0, 0.1) is 12.7 Å². The monoisotopic (exact) mass is 374 g/mol. The van der Waals surface area contributed by atoms with E-state index < -0.39 is 0 Å². The molecule has 1 saturated heterocycles. The second-order valence-corrected chi connectivity index (χ2v) is 7.27. The van der Waals surface area contributed by atoms with E-state index in [-0.39, 0.29) is 17.8 Å². The van der Waals surface area contributed by atoms with Gasteiger partial charge in [0.1, 0.15) is 5.82 Å². The van der Waals surface area contributed by atoms with Crippen LogP contribution in [0.1, 0.15) is 35.6 Å². The molecule has 1 N–H and O–H groups in total. The van der Waals surface area contributed by atoms with E-state index in [1.165, 1.54) is 6.07 Å². The van der Waals surface area contributed by atoms with Crippen molar-refractivity contribution in [3.05, 3.63) is 70.0 Å². The molecule has 26 heavy (non-hydrogen) atoms. The Morgan fingerprint density at radius 3 is 2.65 bits per heavy atom. The summed E-state index contributed by atoms with van der Waals surface area (Å²) in [6, 6.07) is 12.4. The predicted octanol–water partition coefficient (Wildman–Crippen LogP) is 4.28. The van der Waals surface area contributed by atoms with Crippen LogP contribution in [0.5, 0.6) is 0 Å². The summed E-state index contributed by atoms with van der Waals surface area (Å²) in [5, 5.41) is 3.39. The number of carbonyl (C=O) groups is 1. The van der Waals surface area contributed by atoms with Crippen molar-refractivity contribution in [2.45, 2.75) is 32.2 Å². The summed E-state index contributed by atoms with van der Waals surface area (Å²) in [5.41, 5.74) is 2.58. The maximum Gasteiger partial charge on any atom is 0.224 e. The molecule has 5 heteroatoms. The topological polar surface area (TPSA) is 32.3 Å². The molecule has 2 aromatic rings. The van der Waals surface area contributed by atoms with Crippen LogP contribution in [0.25, 0.3) is 0 Å². The zero-order chi connectivity index (χ0) is 18.5. The molecule has 1 aliphatic heterocycles. The summed E-state index contributed by atoms with van der Waals surface area (Å²) < 4.78 is 14.4. The predicted molar refractivity (Wildman–Crippen MR) is 103 cm³/mol. The average Bonchev–Trinajstić information content (AvgIpc) is 3.11. The highest BCUT2D eigenvalue weighted by atomic mass is 35.5. The molecule has 3 nitrogen and oxygen atoms in total. The summed E-state index contributed by atoms with van der Waals surface area (Å²) >= 11 is 6.29. The second kappa shape index (κ2) is 8.65. The molecule has 0 bridgehead atoms. The van der Waals surface area contributed by atoms with E-state index in [0.717, 1.165) is 37.1 Å². The number of halogens is 2. The van der Waals surface area contributed by atoms with Crippen molar-refractivity contribution in [1.82, 2.24) is 10.2 Å². The Morgan fingerprint density at radius 2 is 1.96 bits per heavy atom. The van der Waals surface area contributed by atoms with Gasteiger partial charge in [-0.05, 0) is 50.6 Å². The maximum absolute atomic E-state index is 14.4. The Bertz CT molecular complexity index is 754. The molecule has 1 atom stereocenters. The Hall–Kier alpha value is -1.91. The van der Waals surface area contributed by atoms with Crippen molar-refractivity contribution in [3.63, 3.8) is 0 Å². The molecule has 138 valence electrons. The van der Waals surface area contributed by atoms with Gasteiger partial charge in [-0.15, -0.1) is 0 Å². The smallest absolute Gasteiger partial charge is 0.224 e. The molecule has 0 aromatic heterocycles. The lowest BCUT2D eigenvalue weighted by Crippen LogP contribution is -2.38. The standard InChI is InChI=1S/C21H24ClFN2O/c1-15-6-4-7-16(12-15)13-20(26)24-14-19(25-10-2-3-11-25)21-17(22)8-5-9-18(21)23/h4-9,12,19H,2-3,10-11,13-14H2,1H3,(H,24,26). The maximum atomic E-state index is 14.4. The molecule has 0 radical (unpaired) electrons. The van der Waals surface area contributed by atoms with Crippen LogP contribution in [-0.4, -0.2) is 30.4 Å². The van der Waals surface area contributed by atoms with Gasteiger partial charge in [0, 0.05) is 17.1 Å². The Morgan fingerprint density at radius 1 is 1.23 bits per heavy atom. The number of likely N-dealkylation sites (tertiary alicyclic amines) is 1. The van der Waals surface area contributed by atoms with Crippen molar-refractivity contribution in [3.8, 4) is 0 Å². The second-order valence-electron chi connectivity index (χ2n) is 6.86. The molecule has 0 aliphatic carbocycles. The fourth-order valence-electron chi connectivity index (χ4n) is 3.58. The molecule has 1 aliphatic rings. The molecule has 3 rings (SSSR count). The van der Waals surface area contributed by atoms with Crippen molar-refractivity contribution >= 4 is 17.5 Å². The zero-order valence-corrected chi connectivity index (χ0v) is 15.7. The van der Waals surface area contributed by atoms with Gasteiger partial charge in [-0.25, -0.2) is 4.39 Å². The van der Waals surface area contributed by atoms with Crippen molar-refractivity contribution in [2.24, 2.45) is 0 Å². The lowest BCUT2D eigenvalue weighted by molar-refractivity contribution is -0.120. The normalized spacial score (nSPS) is 15.8. The lowest BCUT2D eigenvalue weighted by Gasteiger charge is -2.29. The van der Waals surface area contributed by atoms with Crippen molar-refractivity contribution < 1.29 is 9.18 Å². The first kappa shape index (κ1) is 18.9. The molecule has 1 heterocycles. The Balaban J connectivity index is 1.71. The summed E-state index contributed by atoms with van der Waals surface area (Å²) in [4.78, 5) is 14.6. The zero-order valence-electron chi connectivity index (χ0n) is 15.0. The van der Waals surface area contributed by atoms with Gasteiger partial charge >= 0.3 is 0 Å². The van der Waals surface area contributed by atoms with Crippen LogP contribution in [0.4, 0.5) is 4.39 Å². The molecular weight excluding hydrogens is 351 g/mol. The van der Waals surface area contributed by atoms with Crippen LogP contribution in [0.15, 0.2) is 42.5 Å². The third-order valence-corrected chi connectivity index (χ3v) is 5.18. The van der Waals surface area contributed by atoms with E-state index in [0.29, 0.717) is 23.6 Å². The first-order chi connectivity index (χ1) is 12.5. The van der Waals surface area contributed by atoms with Gasteiger partial charge in [0.25, 0.3) is 0 Å². The molecule has 2 aromatic carbocycles. The van der Waals surface area contributed by atoms with Crippen LogP contribution < -0.4 is 5.32 Å². The van der Waals surface area contributed by atoms with Gasteiger partial charge in [0.2, 0.25) is 5.91 Å².